The highest BCUT2D eigenvalue weighted by Crippen LogP contribution is 2.22. The van der Waals surface area contributed by atoms with Crippen LogP contribution >= 0.6 is 0 Å². The molecule has 1 amide bonds. The van der Waals surface area contributed by atoms with Gasteiger partial charge in [0.2, 0.25) is 5.91 Å². The van der Waals surface area contributed by atoms with Gasteiger partial charge in [0.15, 0.2) is 0 Å². The van der Waals surface area contributed by atoms with Gasteiger partial charge in [-0.3, -0.25) is 4.79 Å². The lowest BCUT2D eigenvalue weighted by Gasteiger charge is -2.22. The van der Waals surface area contributed by atoms with Gasteiger partial charge in [-0.15, -0.1) is 0 Å². The molecule has 1 saturated carbocycles. The molecule has 1 aliphatic heterocycles. The van der Waals surface area contributed by atoms with E-state index in [0.717, 1.165) is 6.54 Å². The zero-order valence-electron chi connectivity index (χ0n) is 9.74. The fraction of sp³-hybridized carbons (Fsp3) is 0.917. The van der Waals surface area contributed by atoms with Gasteiger partial charge in [0.1, 0.15) is 0 Å². The van der Waals surface area contributed by atoms with Gasteiger partial charge in [-0.05, 0) is 25.2 Å². The molecule has 4 heteroatoms. The molecule has 0 aromatic heterocycles. The molecule has 1 heterocycles. The summed E-state index contributed by atoms with van der Waals surface area (Å²) < 4.78 is 0. The van der Waals surface area contributed by atoms with Crippen molar-refractivity contribution >= 4 is 5.91 Å². The largest absolute Gasteiger partial charge is 0.392 e. The average molecular weight is 226 g/mol. The Hall–Kier alpha value is -0.610. The topological polar surface area (TPSA) is 61.4 Å². The van der Waals surface area contributed by atoms with Gasteiger partial charge in [0.05, 0.1) is 12.1 Å². The van der Waals surface area contributed by atoms with Gasteiger partial charge in [-0.1, -0.05) is 19.3 Å². The van der Waals surface area contributed by atoms with Crippen LogP contribution in [0.5, 0.6) is 0 Å². The van der Waals surface area contributed by atoms with Gasteiger partial charge in [0.25, 0.3) is 0 Å². The minimum Gasteiger partial charge on any atom is -0.392 e. The second-order valence-corrected chi connectivity index (χ2v) is 5.10. The van der Waals surface area contributed by atoms with Crippen molar-refractivity contribution in [3.63, 3.8) is 0 Å². The number of β-amino-alcohol motifs (C(OH)–C–C–N with tert-alkyl or cyclic N) is 1. The molecule has 1 saturated heterocycles. The molecule has 1 aliphatic carbocycles. The maximum atomic E-state index is 11.7. The van der Waals surface area contributed by atoms with Crippen LogP contribution in [0.25, 0.3) is 0 Å². The molecule has 0 aromatic carbocycles. The Balaban J connectivity index is 1.67. The fourth-order valence-corrected chi connectivity index (χ4v) is 2.68. The van der Waals surface area contributed by atoms with Gasteiger partial charge < -0.3 is 15.7 Å². The third-order valence-electron chi connectivity index (χ3n) is 3.71. The van der Waals surface area contributed by atoms with Crippen molar-refractivity contribution in [2.75, 3.05) is 13.1 Å². The monoisotopic (exact) mass is 226 g/mol. The van der Waals surface area contributed by atoms with Gasteiger partial charge in [-0.2, -0.15) is 0 Å². The Kier molecular flexibility index (Phi) is 4.18. The Morgan fingerprint density at radius 2 is 2.06 bits per heavy atom. The Bertz CT molecular complexity index is 239. The number of aliphatic hydroxyl groups is 1. The number of nitrogens with one attached hydrogen (secondary N) is 2. The van der Waals surface area contributed by atoms with Crippen LogP contribution in [0, 0.1) is 5.92 Å². The first-order chi connectivity index (χ1) is 7.75. The minimum absolute atomic E-state index is 0.0575. The zero-order chi connectivity index (χ0) is 11.4. The van der Waals surface area contributed by atoms with E-state index in [1.807, 2.05) is 0 Å². The predicted octanol–water partition coefficient (Wildman–Crippen LogP) is 0.406. The molecule has 0 radical (unpaired) electrons. The Morgan fingerprint density at radius 3 is 2.69 bits per heavy atom. The molecule has 2 aliphatic rings. The van der Waals surface area contributed by atoms with Crippen LogP contribution in [0.15, 0.2) is 0 Å². The summed E-state index contributed by atoms with van der Waals surface area (Å²) in [6, 6.07) is -0.182. The normalized spacial score (nSPS) is 31.6. The lowest BCUT2D eigenvalue weighted by molar-refractivity contribution is -0.123. The average Bonchev–Trinajstić information content (AvgIpc) is 2.74. The van der Waals surface area contributed by atoms with E-state index in [9.17, 15) is 9.90 Å². The van der Waals surface area contributed by atoms with Crippen LogP contribution < -0.4 is 10.6 Å². The highest BCUT2D eigenvalue weighted by molar-refractivity contribution is 5.82. The van der Waals surface area contributed by atoms with Crippen LogP contribution in [0.1, 0.15) is 38.5 Å². The third-order valence-corrected chi connectivity index (χ3v) is 3.71. The molecule has 2 fully saturated rings. The Morgan fingerprint density at radius 1 is 1.31 bits per heavy atom. The highest BCUT2D eigenvalue weighted by Gasteiger charge is 2.28. The van der Waals surface area contributed by atoms with E-state index >= 15 is 0 Å². The molecule has 4 nitrogen and oxygen atoms in total. The first-order valence-corrected chi connectivity index (χ1v) is 6.45. The summed E-state index contributed by atoms with van der Waals surface area (Å²) in [5.74, 6) is 0.728. The van der Waals surface area contributed by atoms with E-state index in [1.54, 1.807) is 0 Å². The van der Waals surface area contributed by atoms with E-state index in [2.05, 4.69) is 10.6 Å². The molecular formula is C12H22N2O2. The first-order valence-electron chi connectivity index (χ1n) is 6.45. The van der Waals surface area contributed by atoms with E-state index in [4.69, 9.17) is 0 Å². The van der Waals surface area contributed by atoms with E-state index in [1.165, 1.54) is 32.1 Å². The summed E-state index contributed by atoms with van der Waals surface area (Å²) in [5.41, 5.74) is 0. The third kappa shape index (κ3) is 3.19. The van der Waals surface area contributed by atoms with E-state index in [-0.39, 0.29) is 18.1 Å². The van der Waals surface area contributed by atoms with Crippen molar-refractivity contribution in [2.45, 2.75) is 50.7 Å². The molecule has 0 bridgehead atoms. The van der Waals surface area contributed by atoms with Crippen LogP contribution in [-0.2, 0) is 4.79 Å². The number of aliphatic hydroxyl groups excluding tert-OH is 1. The maximum Gasteiger partial charge on any atom is 0.237 e. The molecule has 2 atom stereocenters. The summed E-state index contributed by atoms with van der Waals surface area (Å²) in [6.45, 7) is 1.36. The van der Waals surface area contributed by atoms with Gasteiger partial charge in [-0.25, -0.2) is 0 Å². The highest BCUT2D eigenvalue weighted by atomic mass is 16.3. The summed E-state index contributed by atoms with van der Waals surface area (Å²) in [6.07, 6.45) is 6.66. The van der Waals surface area contributed by atoms with Crippen LogP contribution in [-0.4, -0.2) is 36.2 Å². The Labute approximate surface area is 96.8 Å². The lowest BCUT2D eigenvalue weighted by atomic mass is 9.89. The van der Waals surface area contributed by atoms with Crippen LogP contribution in [0.3, 0.4) is 0 Å². The lowest BCUT2D eigenvalue weighted by Crippen LogP contribution is -2.42. The number of carbonyl (C=O) groups is 1. The summed E-state index contributed by atoms with van der Waals surface area (Å²) in [7, 11) is 0. The van der Waals surface area contributed by atoms with Crippen molar-refractivity contribution in [3.05, 3.63) is 0 Å². The zero-order valence-corrected chi connectivity index (χ0v) is 9.74. The van der Waals surface area contributed by atoms with Gasteiger partial charge in [0, 0.05) is 13.1 Å². The number of amides is 1. The van der Waals surface area contributed by atoms with Crippen molar-refractivity contribution in [1.82, 2.24) is 10.6 Å². The second kappa shape index (κ2) is 5.64. The van der Waals surface area contributed by atoms with Gasteiger partial charge >= 0.3 is 0 Å². The molecule has 2 rings (SSSR count). The van der Waals surface area contributed by atoms with Crippen molar-refractivity contribution in [1.29, 1.82) is 0 Å². The number of hydrogen-bond donors (Lipinski definition) is 3. The smallest absolute Gasteiger partial charge is 0.237 e. The first kappa shape index (κ1) is 11.9. The standard InChI is InChI=1S/C12H22N2O2/c15-10-6-11(13-8-10)12(16)14-7-9-4-2-1-3-5-9/h9-11,13,15H,1-8H2,(H,14,16). The number of carbonyl (C=O) groups excluding carboxylic acids is 1. The maximum absolute atomic E-state index is 11.7. The van der Waals surface area contributed by atoms with Crippen molar-refractivity contribution in [2.24, 2.45) is 5.92 Å². The predicted molar refractivity (Wildman–Crippen MR) is 62.0 cm³/mol. The number of hydrogen-bond acceptors (Lipinski definition) is 3. The molecule has 2 unspecified atom stereocenters. The van der Waals surface area contributed by atoms with Crippen LogP contribution in [0.4, 0.5) is 0 Å². The molecule has 0 aromatic rings. The summed E-state index contributed by atoms with van der Waals surface area (Å²) in [4.78, 5) is 11.7. The molecule has 16 heavy (non-hydrogen) atoms. The van der Waals surface area contributed by atoms with Crippen molar-refractivity contribution < 1.29 is 9.90 Å². The SMILES string of the molecule is O=C(NCC1CCCCC1)C1CC(O)CN1. The van der Waals surface area contributed by atoms with Crippen LogP contribution in [0.2, 0.25) is 0 Å². The minimum atomic E-state index is -0.356. The molecule has 0 spiro atoms. The molecule has 92 valence electrons. The second-order valence-electron chi connectivity index (χ2n) is 5.10. The van der Waals surface area contributed by atoms with E-state index < -0.39 is 0 Å². The van der Waals surface area contributed by atoms with Crippen molar-refractivity contribution in [3.8, 4) is 0 Å². The van der Waals surface area contributed by atoms with E-state index in [0.29, 0.717) is 18.9 Å². The fourth-order valence-electron chi connectivity index (χ4n) is 2.68. The molecular weight excluding hydrogens is 204 g/mol. The summed E-state index contributed by atoms with van der Waals surface area (Å²) in [5, 5.41) is 15.4. The number of rotatable bonds is 3. The quantitative estimate of drug-likeness (QED) is 0.653. The summed E-state index contributed by atoms with van der Waals surface area (Å²) >= 11 is 0. The molecule has 3 N–H and O–H groups in total.